The summed E-state index contributed by atoms with van der Waals surface area (Å²) in [7, 11) is 0. The second-order valence-corrected chi connectivity index (χ2v) is 3.38. The van der Waals surface area contributed by atoms with Crippen molar-refractivity contribution in [2.75, 3.05) is 6.54 Å². The number of carboxylic acids is 1. The van der Waals surface area contributed by atoms with Gasteiger partial charge in [0.2, 0.25) is 0 Å². The Morgan fingerprint density at radius 3 is 2.94 bits per heavy atom. The average molecular weight is 247 g/mol. The maximum atomic E-state index is 13.4. The summed E-state index contributed by atoms with van der Waals surface area (Å²) in [5.74, 6) is 3.76. The molecule has 6 heteroatoms. The van der Waals surface area contributed by atoms with Crippen molar-refractivity contribution in [3.05, 3.63) is 45.6 Å². The molecule has 0 bridgehead atoms. The zero-order valence-electron chi connectivity index (χ0n) is 9.43. The van der Waals surface area contributed by atoms with Crippen LogP contribution in [-0.4, -0.2) is 17.6 Å². The molecule has 0 heterocycles. The van der Waals surface area contributed by atoms with Crippen molar-refractivity contribution in [1.82, 2.24) is 0 Å². The van der Waals surface area contributed by atoms with Gasteiger partial charge < -0.3 is 5.11 Å². The van der Waals surface area contributed by atoms with Crippen LogP contribution in [0.25, 0.3) is 10.4 Å². The molecule has 0 saturated heterocycles. The maximum absolute atomic E-state index is 13.4. The van der Waals surface area contributed by atoms with Gasteiger partial charge in [0.25, 0.3) is 0 Å². The fraction of sp³-hybridized carbons (Fsp3) is 0.250. The van der Waals surface area contributed by atoms with E-state index in [1.807, 2.05) is 0 Å². The SMILES string of the molecule is [N-]=[N+]=NCCC#Cc1ccc(CC(=O)O)c(F)c1. The van der Waals surface area contributed by atoms with Crippen LogP contribution in [0.5, 0.6) is 0 Å². The van der Waals surface area contributed by atoms with E-state index < -0.39 is 11.8 Å². The predicted molar refractivity (Wildman–Crippen MR) is 63.2 cm³/mol. The van der Waals surface area contributed by atoms with Gasteiger partial charge in [-0.25, -0.2) is 4.39 Å². The molecule has 0 spiro atoms. The van der Waals surface area contributed by atoms with Crippen LogP contribution in [0.2, 0.25) is 0 Å². The van der Waals surface area contributed by atoms with Crippen LogP contribution in [0.3, 0.4) is 0 Å². The molecule has 0 saturated carbocycles. The maximum Gasteiger partial charge on any atom is 0.307 e. The minimum atomic E-state index is -1.08. The lowest BCUT2D eigenvalue weighted by Gasteiger charge is -1.99. The Morgan fingerprint density at radius 2 is 2.33 bits per heavy atom. The highest BCUT2D eigenvalue weighted by Gasteiger charge is 2.06. The lowest BCUT2D eigenvalue weighted by molar-refractivity contribution is -0.136. The molecule has 0 unspecified atom stereocenters. The van der Waals surface area contributed by atoms with E-state index >= 15 is 0 Å². The zero-order chi connectivity index (χ0) is 13.4. The van der Waals surface area contributed by atoms with Gasteiger partial charge >= 0.3 is 5.97 Å². The number of halogens is 1. The fourth-order valence-corrected chi connectivity index (χ4v) is 1.25. The van der Waals surface area contributed by atoms with Crippen molar-refractivity contribution >= 4 is 5.97 Å². The van der Waals surface area contributed by atoms with Crippen LogP contribution in [0.1, 0.15) is 17.5 Å². The minimum absolute atomic E-state index is 0.127. The second-order valence-electron chi connectivity index (χ2n) is 3.38. The molecule has 1 aromatic carbocycles. The molecule has 1 aromatic rings. The summed E-state index contributed by atoms with van der Waals surface area (Å²) < 4.78 is 13.4. The summed E-state index contributed by atoms with van der Waals surface area (Å²) in [4.78, 5) is 13.0. The number of hydrogen-bond acceptors (Lipinski definition) is 2. The Hall–Kier alpha value is -2.51. The monoisotopic (exact) mass is 247 g/mol. The number of hydrogen-bond donors (Lipinski definition) is 1. The van der Waals surface area contributed by atoms with Crippen molar-refractivity contribution in [3.63, 3.8) is 0 Å². The van der Waals surface area contributed by atoms with Crippen molar-refractivity contribution in [2.45, 2.75) is 12.8 Å². The number of aliphatic carboxylic acids is 1. The highest BCUT2D eigenvalue weighted by molar-refractivity contribution is 5.70. The van der Waals surface area contributed by atoms with Gasteiger partial charge in [-0.15, -0.1) is 0 Å². The highest BCUT2D eigenvalue weighted by Crippen LogP contribution is 2.10. The Labute approximate surface area is 103 Å². The van der Waals surface area contributed by atoms with Crippen LogP contribution in [0.4, 0.5) is 4.39 Å². The van der Waals surface area contributed by atoms with Crippen molar-refractivity contribution in [1.29, 1.82) is 0 Å². The molecule has 0 radical (unpaired) electrons. The van der Waals surface area contributed by atoms with Gasteiger partial charge in [-0.05, 0) is 23.2 Å². The molecule has 0 aromatic heterocycles. The molecule has 0 aliphatic heterocycles. The summed E-state index contributed by atoms with van der Waals surface area (Å²) >= 11 is 0. The first kappa shape index (κ1) is 13.6. The summed E-state index contributed by atoms with van der Waals surface area (Å²) in [5, 5.41) is 11.9. The van der Waals surface area contributed by atoms with E-state index in [9.17, 15) is 9.18 Å². The zero-order valence-corrected chi connectivity index (χ0v) is 9.43. The molecule has 0 aliphatic rings. The summed E-state index contributed by atoms with van der Waals surface area (Å²) in [6.45, 7) is 0.267. The smallest absolute Gasteiger partial charge is 0.307 e. The topological polar surface area (TPSA) is 86.1 Å². The van der Waals surface area contributed by atoms with Gasteiger partial charge in [-0.2, -0.15) is 0 Å². The van der Waals surface area contributed by atoms with Gasteiger partial charge in [0.15, 0.2) is 0 Å². The number of carboxylic acid groups (broad SMARTS) is 1. The first-order chi connectivity index (χ1) is 8.63. The molecule has 1 rings (SSSR count). The third-order valence-electron chi connectivity index (χ3n) is 2.03. The van der Waals surface area contributed by atoms with E-state index in [4.69, 9.17) is 10.6 Å². The van der Waals surface area contributed by atoms with Crippen LogP contribution >= 0.6 is 0 Å². The molecule has 5 nitrogen and oxygen atoms in total. The Bertz CT molecular complexity index is 554. The third kappa shape index (κ3) is 4.56. The molecule has 18 heavy (non-hydrogen) atoms. The van der Waals surface area contributed by atoms with Crippen LogP contribution in [-0.2, 0) is 11.2 Å². The number of nitrogens with zero attached hydrogens (tertiary/aromatic N) is 3. The molecule has 92 valence electrons. The van der Waals surface area contributed by atoms with E-state index in [0.717, 1.165) is 0 Å². The standard InChI is InChI=1S/C12H10FN3O2/c13-11-7-9(3-1-2-6-15-16-14)4-5-10(11)8-12(17)18/h4-5,7H,2,6,8H2,(H,17,18). The number of rotatable bonds is 4. The first-order valence-electron chi connectivity index (χ1n) is 5.13. The Kier molecular flexibility index (Phi) is 5.23. The van der Waals surface area contributed by atoms with Gasteiger partial charge in [-0.1, -0.05) is 23.0 Å². The molecule has 0 amide bonds. The van der Waals surface area contributed by atoms with Crippen LogP contribution < -0.4 is 0 Å². The second kappa shape index (κ2) is 6.94. The minimum Gasteiger partial charge on any atom is -0.481 e. The molecule has 0 atom stereocenters. The van der Waals surface area contributed by atoms with E-state index in [-0.39, 0.29) is 18.5 Å². The number of azide groups is 1. The van der Waals surface area contributed by atoms with Gasteiger partial charge in [-0.3, -0.25) is 4.79 Å². The largest absolute Gasteiger partial charge is 0.481 e. The first-order valence-corrected chi connectivity index (χ1v) is 5.13. The van der Waals surface area contributed by atoms with Crippen molar-refractivity contribution in [3.8, 4) is 11.8 Å². The number of carbonyl (C=O) groups is 1. The van der Waals surface area contributed by atoms with Crippen LogP contribution in [0, 0.1) is 17.7 Å². The van der Waals surface area contributed by atoms with E-state index in [1.165, 1.54) is 12.1 Å². The van der Waals surface area contributed by atoms with E-state index in [0.29, 0.717) is 12.0 Å². The van der Waals surface area contributed by atoms with Crippen molar-refractivity contribution in [2.24, 2.45) is 5.11 Å². The molecular weight excluding hydrogens is 237 g/mol. The molecule has 1 N–H and O–H groups in total. The lowest BCUT2D eigenvalue weighted by atomic mass is 10.1. The Balaban J connectivity index is 2.71. The Morgan fingerprint density at radius 1 is 1.56 bits per heavy atom. The van der Waals surface area contributed by atoms with Gasteiger partial charge in [0.1, 0.15) is 5.82 Å². The molecule has 0 fully saturated rings. The summed E-state index contributed by atoms with van der Waals surface area (Å²) in [5.41, 5.74) is 8.62. The quantitative estimate of drug-likeness (QED) is 0.291. The highest BCUT2D eigenvalue weighted by atomic mass is 19.1. The molecule has 0 aliphatic carbocycles. The summed E-state index contributed by atoms with van der Waals surface area (Å²) in [6, 6.07) is 4.15. The van der Waals surface area contributed by atoms with E-state index in [2.05, 4.69) is 21.9 Å². The lowest BCUT2D eigenvalue weighted by Crippen LogP contribution is -2.02. The van der Waals surface area contributed by atoms with Crippen molar-refractivity contribution < 1.29 is 14.3 Å². The van der Waals surface area contributed by atoms with Gasteiger partial charge in [0.05, 0.1) is 6.42 Å². The fourth-order valence-electron chi connectivity index (χ4n) is 1.25. The number of benzene rings is 1. The summed E-state index contributed by atoms with van der Waals surface area (Å²) in [6.07, 6.45) is 0.0407. The molecular formula is C12H10FN3O2. The van der Waals surface area contributed by atoms with E-state index in [1.54, 1.807) is 6.07 Å². The third-order valence-corrected chi connectivity index (χ3v) is 2.03. The normalized spacial score (nSPS) is 8.94. The average Bonchev–Trinajstić information content (AvgIpc) is 2.32. The predicted octanol–water partition coefficient (Wildman–Crippen LogP) is 2.50. The van der Waals surface area contributed by atoms with Crippen LogP contribution in [0.15, 0.2) is 23.3 Å². The van der Waals surface area contributed by atoms with Gasteiger partial charge in [0, 0.05) is 23.4 Å².